The minimum absolute atomic E-state index is 0.142. The van der Waals surface area contributed by atoms with E-state index in [1.54, 1.807) is 13.2 Å². The van der Waals surface area contributed by atoms with E-state index in [-0.39, 0.29) is 5.82 Å². The summed E-state index contributed by atoms with van der Waals surface area (Å²) in [6.07, 6.45) is 1.06. The third-order valence-electron chi connectivity index (χ3n) is 3.09. The molecule has 0 saturated heterocycles. The van der Waals surface area contributed by atoms with Crippen molar-refractivity contribution in [3.63, 3.8) is 0 Å². The molecule has 0 radical (unpaired) electrons. The van der Waals surface area contributed by atoms with Crippen LogP contribution < -0.4 is 10.2 Å². The molecule has 1 N–H and O–H groups in total. The highest BCUT2D eigenvalue weighted by atomic mass is 19.1. The second-order valence-electron chi connectivity index (χ2n) is 4.49. The lowest BCUT2D eigenvalue weighted by Gasteiger charge is -2.25. The molecule has 3 nitrogen and oxygen atoms in total. The molecular weight excluding hydrogens is 243 g/mol. The monoisotopic (exact) mass is 268 g/mol. The summed E-state index contributed by atoms with van der Waals surface area (Å²) in [5.41, 5.74) is 1.74. The van der Waals surface area contributed by atoms with Crippen molar-refractivity contribution >= 4 is 5.69 Å². The fourth-order valence-corrected chi connectivity index (χ4v) is 2.12. The maximum atomic E-state index is 14.0. The highest BCUT2D eigenvalue weighted by molar-refractivity contribution is 5.54. The van der Waals surface area contributed by atoms with Gasteiger partial charge in [-0.1, -0.05) is 13.0 Å². The fraction of sp³-hybridized carbons (Fsp3) is 0.600. The molecule has 0 amide bonds. The number of rotatable bonds is 9. The van der Waals surface area contributed by atoms with Gasteiger partial charge < -0.3 is 15.0 Å². The SMILES string of the molecule is CCCN(CC)c1cccc(F)c1CNCCOC. The van der Waals surface area contributed by atoms with Crippen LogP contribution in [0.2, 0.25) is 0 Å². The van der Waals surface area contributed by atoms with Crippen LogP contribution in [0.3, 0.4) is 0 Å². The number of anilines is 1. The Bertz CT molecular complexity index is 371. The van der Waals surface area contributed by atoms with Gasteiger partial charge in [0.1, 0.15) is 5.82 Å². The van der Waals surface area contributed by atoms with Gasteiger partial charge in [-0.05, 0) is 25.5 Å². The number of nitrogens with one attached hydrogen (secondary N) is 1. The van der Waals surface area contributed by atoms with Gasteiger partial charge in [-0.3, -0.25) is 0 Å². The summed E-state index contributed by atoms with van der Waals surface area (Å²) in [6, 6.07) is 5.30. The Balaban J connectivity index is 2.81. The van der Waals surface area contributed by atoms with Crippen LogP contribution in [-0.2, 0) is 11.3 Å². The van der Waals surface area contributed by atoms with Crippen molar-refractivity contribution in [3.05, 3.63) is 29.6 Å². The number of ether oxygens (including phenoxy) is 1. The maximum Gasteiger partial charge on any atom is 0.129 e. The van der Waals surface area contributed by atoms with Crippen LogP contribution in [0, 0.1) is 5.82 Å². The molecule has 0 spiro atoms. The summed E-state index contributed by atoms with van der Waals surface area (Å²) in [7, 11) is 1.66. The predicted molar refractivity (Wildman–Crippen MR) is 78.2 cm³/mol. The van der Waals surface area contributed by atoms with Crippen molar-refractivity contribution in [1.29, 1.82) is 0 Å². The topological polar surface area (TPSA) is 24.5 Å². The molecule has 0 saturated carbocycles. The molecule has 0 fully saturated rings. The van der Waals surface area contributed by atoms with Crippen LogP contribution in [0.15, 0.2) is 18.2 Å². The number of hydrogen-bond donors (Lipinski definition) is 1. The first-order valence-corrected chi connectivity index (χ1v) is 6.96. The Kier molecular flexibility index (Phi) is 7.45. The standard InChI is InChI=1S/C15H25FN2O/c1-4-10-18(5-2)15-8-6-7-14(16)13(15)12-17-9-11-19-3/h6-8,17H,4-5,9-12H2,1-3H3. The molecule has 0 atom stereocenters. The summed E-state index contributed by atoms with van der Waals surface area (Å²) in [4.78, 5) is 2.22. The molecule has 0 aliphatic heterocycles. The third kappa shape index (κ3) is 4.80. The van der Waals surface area contributed by atoms with Gasteiger partial charge in [0.2, 0.25) is 0 Å². The van der Waals surface area contributed by atoms with Gasteiger partial charge in [0.15, 0.2) is 0 Å². The van der Waals surface area contributed by atoms with E-state index >= 15 is 0 Å². The van der Waals surface area contributed by atoms with E-state index in [0.29, 0.717) is 13.2 Å². The van der Waals surface area contributed by atoms with Crippen molar-refractivity contribution in [2.24, 2.45) is 0 Å². The van der Waals surface area contributed by atoms with Gasteiger partial charge in [-0.25, -0.2) is 4.39 Å². The lowest BCUT2D eigenvalue weighted by atomic mass is 10.1. The van der Waals surface area contributed by atoms with E-state index in [4.69, 9.17) is 4.74 Å². The van der Waals surface area contributed by atoms with E-state index in [1.807, 2.05) is 6.07 Å². The number of nitrogens with zero attached hydrogens (tertiary/aromatic N) is 1. The molecule has 108 valence electrons. The van der Waals surface area contributed by atoms with Gasteiger partial charge in [0.25, 0.3) is 0 Å². The molecule has 19 heavy (non-hydrogen) atoms. The molecule has 4 heteroatoms. The van der Waals surface area contributed by atoms with Crippen molar-refractivity contribution < 1.29 is 9.13 Å². The largest absolute Gasteiger partial charge is 0.383 e. The Labute approximate surface area is 115 Å². The molecule has 1 aromatic carbocycles. The summed E-state index contributed by atoms with van der Waals surface area (Å²) in [5.74, 6) is -0.142. The molecular formula is C15H25FN2O. The van der Waals surface area contributed by atoms with Crippen molar-refractivity contribution in [1.82, 2.24) is 5.32 Å². The lowest BCUT2D eigenvalue weighted by molar-refractivity contribution is 0.199. The number of halogens is 1. The molecule has 1 rings (SSSR count). The van der Waals surface area contributed by atoms with E-state index in [9.17, 15) is 4.39 Å². The normalized spacial score (nSPS) is 10.7. The molecule has 0 unspecified atom stereocenters. The smallest absolute Gasteiger partial charge is 0.129 e. The molecule has 0 bridgehead atoms. The summed E-state index contributed by atoms with van der Waals surface area (Å²) >= 11 is 0. The number of methoxy groups -OCH3 is 1. The zero-order valence-electron chi connectivity index (χ0n) is 12.2. The van der Waals surface area contributed by atoms with Gasteiger partial charge in [-0.2, -0.15) is 0 Å². The minimum Gasteiger partial charge on any atom is -0.383 e. The first-order valence-electron chi connectivity index (χ1n) is 6.96. The number of hydrogen-bond acceptors (Lipinski definition) is 3. The molecule has 0 aliphatic rings. The highest BCUT2D eigenvalue weighted by Gasteiger charge is 2.12. The molecule has 0 heterocycles. The first-order chi connectivity index (χ1) is 9.24. The van der Waals surface area contributed by atoms with E-state index in [1.165, 1.54) is 6.07 Å². The van der Waals surface area contributed by atoms with Crippen LogP contribution >= 0.6 is 0 Å². The van der Waals surface area contributed by atoms with Crippen molar-refractivity contribution in [3.8, 4) is 0 Å². The van der Waals surface area contributed by atoms with Gasteiger partial charge in [-0.15, -0.1) is 0 Å². The van der Waals surface area contributed by atoms with E-state index in [2.05, 4.69) is 24.1 Å². The Hall–Kier alpha value is -1.13. The van der Waals surface area contributed by atoms with Crippen LogP contribution in [0.25, 0.3) is 0 Å². The zero-order chi connectivity index (χ0) is 14.1. The summed E-state index contributed by atoms with van der Waals surface area (Å²) in [5, 5.41) is 3.21. The van der Waals surface area contributed by atoms with Gasteiger partial charge >= 0.3 is 0 Å². The van der Waals surface area contributed by atoms with Crippen LogP contribution in [0.1, 0.15) is 25.8 Å². The molecule has 1 aromatic rings. The number of benzene rings is 1. The Morgan fingerprint density at radius 3 is 2.74 bits per heavy atom. The summed E-state index contributed by atoms with van der Waals surface area (Å²) < 4.78 is 19.0. The second-order valence-corrected chi connectivity index (χ2v) is 4.49. The maximum absolute atomic E-state index is 14.0. The lowest BCUT2D eigenvalue weighted by Crippen LogP contribution is -2.27. The average Bonchev–Trinajstić information content (AvgIpc) is 2.42. The first kappa shape index (κ1) is 15.9. The second kappa shape index (κ2) is 8.88. The van der Waals surface area contributed by atoms with Crippen molar-refractivity contribution in [2.75, 3.05) is 38.3 Å². The predicted octanol–water partition coefficient (Wildman–Crippen LogP) is 2.80. The zero-order valence-corrected chi connectivity index (χ0v) is 12.2. The summed E-state index contributed by atoms with van der Waals surface area (Å²) in [6.45, 7) is 7.97. The van der Waals surface area contributed by atoms with E-state index in [0.717, 1.165) is 37.3 Å². The average molecular weight is 268 g/mol. The quantitative estimate of drug-likeness (QED) is 0.697. The molecule has 0 aromatic heterocycles. The Morgan fingerprint density at radius 2 is 2.11 bits per heavy atom. The Morgan fingerprint density at radius 1 is 1.32 bits per heavy atom. The van der Waals surface area contributed by atoms with E-state index < -0.39 is 0 Å². The van der Waals surface area contributed by atoms with Crippen LogP contribution in [0.4, 0.5) is 10.1 Å². The van der Waals surface area contributed by atoms with Gasteiger partial charge in [0.05, 0.1) is 6.61 Å². The fourth-order valence-electron chi connectivity index (χ4n) is 2.12. The minimum atomic E-state index is -0.142. The van der Waals surface area contributed by atoms with Crippen LogP contribution in [0.5, 0.6) is 0 Å². The van der Waals surface area contributed by atoms with Crippen LogP contribution in [-0.4, -0.2) is 33.4 Å². The third-order valence-corrected chi connectivity index (χ3v) is 3.09. The van der Waals surface area contributed by atoms with Crippen molar-refractivity contribution in [2.45, 2.75) is 26.8 Å². The highest BCUT2D eigenvalue weighted by Crippen LogP contribution is 2.23. The molecule has 0 aliphatic carbocycles. The van der Waals surface area contributed by atoms with Gasteiger partial charge in [0, 0.05) is 44.5 Å².